The number of aryl methyl sites for hydroxylation is 1. The van der Waals surface area contributed by atoms with Gasteiger partial charge in [0, 0.05) is 165 Å². The maximum absolute atomic E-state index is 9.70. The molecule has 1 saturated heterocycles. The second-order valence-electron chi connectivity index (χ2n) is 44.5. The Labute approximate surface area is 923 Å². The molecule has 6 aromatic carbocycles. The summed E-state index contributed by atoms with van der Waals surface area (Å²) in [6.07, 6.45) is 33.7. The smallest absolute Gasteiger partial charge is 0.0726 e. The minimum absolute atomic E-state index is 0.231. The number of ether oxygens (including phenoxy) is 1. The van der Waals surface area contributed by atoms with Crippen LogP contribution in [0.15, 0.2) is 146 Å². The zero-order valence-corrected chi connectivity index (χ0v) is 101. The highest BCUT2D eigenvalue weighted by Crippen LogP contribution is 2.33. The molecule has 33 heteroatoms. The fourth-order valence-corrected chi connectivity index (χ4v) is 17.1. The van der Waals surface area contributed by atoms with Crippen molar-refractivity contribution in [3.05, 3.63) is 173 Å². The van der Waals surface area contributed by atoms with Gasteiger partial charge >= 0.3 is 0 Å². The molecule has 7 fully saturated rings. The monoisotopic (exact) mass is 2210 g/mol. The Balaban J connectivity index is 0.000000567. The van der Waals surface area contributed by atoms with Gasteiger partial charge in [0.2, 0.25) is 0 Å². The van der Waals surface area contributed by atoms with Crippen LogP contribution in [0, 0.1) is 35.5 Å². The molecular weight excluding hydrogens is 2010 g/mol. The molecule has 0 spiro atoms. The first kappa shape index (κ1) is 140. The first-order valence-electron chi connectivity index (χ1n) is 55.4. The van der Waals surface area contributed by atoms with Gasteiger partial charge in [-0.1, -0.05) is 272 Å². The van der Waals surface area contributed by atoms with Crippen LogP contribution in [0.1, 0.15) is 353 Å². The fraction of sp³-hybridized carbons (Fsp3) is 0.690. The third kappa shape index (κ3) is 68.0. The lowest BCUT2D eigenvalue weighted by molar-refractivity contribution is -0.00522. The van der Waals surface area contributed by atoms with Gasteiger partial charge in [0.05, 0.1) is 12.2 Å². The van der Waals surface area contributed by atoms with E-state index in [1.807, 2.05) is 24.3 Å². The van der Waals surface area contributed by atoms with Crippen molar-refractivity contribution in [3.63, 3.8) is 0 Å². The van der Waals surface area contributed by atoms with Crippen LogP contribution < -0.4 is 71.2 Å². The Morgan fingerprint density at radius 1 is 0.322 bits per heavy atom. The molecule has 9 atom stereocenters. The van der Waals surface area contributed by atoms with Gasteiger partial charge in [0.15, 0.2) is 0 Å². The second kappa shape index (κ2) is 79.5. The zero-order valence-electron chi connectivity index (χ0n) is 94.9. The summed E-state index contributed by atoms with van der Waals surface area (Å²) >= 11 is -5.37. The Morgan fingerprint density at radius 3 is 0.725 bits per heavy atom. The third-order valence-corrected chi connectivity index (χ3v) is 32.5. The van der Waals surface area contributed by atoms with Gasteiger partial charge < -0.3 is 103 Å². The summed E-state index contributed by atoms with van der Waals surface area (Å²) in [5.74, 6) is 6.02. The van der Waals surface area contributed by atoms with Crippen molar-refractivity contribution in [1.29, 1.82) is 0 Å². The lowest BCUT2D eigenvalue weighted by Gasteiger charge is -2.37. The summed E-state index contributed by atoms with van der Waals surface area (Å²) in [6, 6.07) is 55.0. The van der Waals surface area contributed by atoms with Crippen molar-refractivity contribution in [2.45, 2.75) is 423 Å². The minimum Gasteiger partial charge on any atom is -0.772 e. The molecule has 149 heavy (non-hydrogen) atoms. The van der Waals surface area contributed by atoms with E-state index in [1.165, 1.54) is 230 Å². The largest absolute Gasteiger partial charge is 0.772 e. The van der Waals surface area contributed by atoms with Crippen LogP contribution in [0.25, 0.3) is 0 Å². The molecule has 0 bridgehead atoms. The first-order valence-corrected chi connectivity index (χ1v) is 62.6. The predicted octanol–water partition coefficient (Wildman–Crippen LogP) is 23.5. The number of hydrogen-bond acceptors (Lipinski definition) is 26. The maximum atomic E-state index is 9.70. The number of nitrogens with zero attached hydrogens (tertiary/aromatic N) is 1. The molecule has 0 aromatic heterocycles. The Bertz CT molecular complexity index is 4340. The number of hydrogen-bond donors (Lipinski definition) is 12. The number of benzene rings is 6. The number of halogens is 1. The van der Waals surface area contributed by atoms with Crippen LogP contribution in [-0.4, -0.2) is 185 Å². The van der Waals surface area contributed by atoms with E-state index in [1.54, 1.807) is 83.1 Å². The molecule has 26 nitrogen and oxygen atoms in total. The topological polar surface area (TPSA) is 482 Å². The van der Waals surface area contributed by atoms with E-state index < -0.39 is 66.5 Å². The van der Waals surface area contributed by atoms with E-state index in [-0.39, 0.29) is 36.9 Å². The van der Waals surface area contributed by atoms with Gasteiger partial charge in [0.1, 0.15) is 0 Å². The standard InChI is InChI=1S/C19H31N3O.2C17H28N2.2C16H26N2.C13H19ClN2.6C3H8O2S/c1-14-12-22(13-15(2)23-14)19-9-7-18(8-10-19)21-11-16-3-5-17(20)6-4-16;1-17(2,3)14-6-10-16(11-7-14)19-12-13-4-8-15(18)9-5-13;1-3-13(2)15-6-10-17(11-7-15)19-12-14-4-8-16(18)9-5-14;1-12(2)14-5-9-16(10-6-14)18-11-13-3-7-15(17)8-4-13;1-2-3-13-6-10-16(11-7-13)18-12-14-4-8-15(17)9-5-14;14-11-3-7-13(8-4-11)16-9-10-1-5-12(15)6-2-10;6*1-3(2)6(4)5/h7-10,14-17,21H,3-6,11-13,20H2,1-2H3;6-7,10-11,13,15,19H,4-5,8-9,12,18H2,1-3H3;6-7,10-11,13-14,16,19H,3-5,8-9,12,18H2,1-2H3;5-6,9-10,12-13,15,18H,3-4,7-8,11,17H2,1-2H3;6-7,10-11,14-15,18H,2-5,8-9,12,17H2,1H3;3-4,7-8,10,12,16H,1-2,5-6,9,15H2;6*3H,1-2H3,(H,4,5)/p-6/t14-,15+,16?,17?;;;;;;;;;;;. The lowest BCUT2D eigenvalue weighted by atomic mass is 9.86. The lowest BCUT2D eigenvalue weighted by Crippen LogP contribution is -2.45. The van der Waals surface area contributed by atoms with E-state index in [9.17, 15) is 52.6 Å². The molecule has 6 saturated carbocycles. The average molecular weight is 2210 g/mol. The average Bonchev–Trinajstić information content (AvgIpc) is 0.854. The Morgan fingerprint density at radius 2 is 0.523 bits per heavy atom. The molecule has 1 aliphatic heterocycles. The number of anilines is 7. The molecule has 1 heterocycles. The van der Waals surface area contributed by atoms with E-state index in [0.717, 1.165) is 98.6 Å². The summed E-state index contributed by atoms with van der Waals surface area (Å²) in [4.78, 5) is 2.42. The minimum atomic E-state index is -1.87. The highest BCUT2D eigenvalue weighted by Gasteiger charge is 2.27. The van der Waals surface area contributed by atoms with Gasteiger partial charge in [0.25, 0.3) is 0 Å². The Hall–Kier alpha value is -5.41. The SMILES string of the molecule is CC(C)(C)c1ccc(NCC2CCC(N)CC2)cc1.CC(C)S(=O)[O-].CC(C)S(=O)[O-].CC(C)S(=O)[O-].CC(C)S(=O)[O-].CC(C)S(=O)[O-].CC(C)S(=O)[O-].CC(C)c1ccc(NCC2CCC(N)CC2)cc1.CCC(C)c1ccc(NCC2CCC(N)CC2)cc1.CCCc1ccc(NCC2CCC(N)CC2)cc1.C[C@@H]1CN(c2ccc(NCC3CCC(N)CC3)cc2)C[C@H](C)O1.NC1CCC(CNc2ccc(Cl)cc2)CC1. The van der Waals surface area contributed by atoms with Crippen LogP contribution in [0.5, 0.6) is 0 Å². The summed E-state index contributed by atoms with van der Waals surface area (Å²) in [7, 11) is 0. The number of nitrogens with one attached hydrogen (secondary N) is 6. The van der Waals surface area contributed by atoms with Gasteiger partial charge in [-0.3, -0.25) is 25.3 Å². The molecule has 0 amide bonds. The van der Waals surface area contributed by atoms with Crippen molar-refractivity contribution in [3.8, 4) is 0 Å². The molecule has 7 unspecified atom stereocenters. The van der Waals surface area contributed by atoms with Gasteiger partial charge in [-0.15, -0.1) is 0 Å². The molecule has 18 N–H and O–H groups in total. The van der Waals surface area contributed by atoms with Crippen LogP contribution in [0.3, 0.4) is 0 Å². The predicted molar refractivity (Wildman–Crippen MR) is 636 cm³/mol. The summed E-state index contributed by atoms with van der Waals surface area (Å²) < 4.78 is 122. The van der Waals surface area contributed by atoms with E-state index >= 15 is 0 Å². The highest BCUT2D eigenvalue weighted by atomic mass is 35.5. The van der Waals surface area contributed by atoms with Crippen molar-refractivity contribution in [2.75, 3.05) is 89.2 Å². The van der Waals surface area contributed by atoms with Crippen LogP contribution in [-0.2, 0) is 83.1 Å². The number of nitrogens with two attached hydrogens (primary N) is 6. The van der Waals surface area contributed by atoms with Gasteiger partial charge in [-0.05, 0) is 353 Å². The van der Waals surface area contributed by atoms with E-state index in [4.69, 9.17) is 50.7 Å². The molecule has 856 valence electrons. The summed E-state index contributed by atoms with van der Waals surface area (Å²) in [6.45, 7) is 50.2. The fourth-order valence-electron chi connectivity index (χ4n) is 17.0. The van der Waals surface area contributed by atoms with Crippen molar-refractivity contribution >= 4 is 118 Å². The second-order valence-corrected chi connectivity index (χ2v) is 53.7. The first-order chi connectivity index (χ1) is 70.2. The van der Waals surface area contributed by atoms with E-state index in [2.05, 4.69) is 227 Å². The summed E-state index contributed by atoms with van der Waals surface area (Å²) in [5, 5.41) is 20.7. The molecule has 7 aliphatic rings. The quantitative estimate of drug-likeness (QED) is 0.0186. The highest BCUT2D eigenvalue weighted by molar-refractivity contribution is 7.80. The third-order valence-electron chi connectivity index (χ3n) is 27.6. The maximum Gasteiger partial charge on any atom is 0.0726 e. The van der Waals surface area contributed by atoms with Gasteiger partial charge in [-0.25, -0.2) is 0 Å². The van der Waals surface area contributed by atoms with Crippen molar-refractivity contribution in [1.82, 2.24) is 0 Å². The Kier molecular flexibility index (Phi) is 74.5. The van der Waals surface area contributed by atoms with Gasteiger partial charge in [-0.2, -0.15) is 0 Å². The van der Waals surface area contributed by atoms with Crippen molar-refractivity contribution in [2.24, 2.45) is 69.9 Å². The molecule has 6 aromatic rings. The summed E-state index contributed by atoms with van der Waals surface area (Å²) in [5.41, 5.74) is 50.2. The number of rotatable bonds is 30. The normalized spacial score (nSPS) is 23.4. The van der Waals surface area contributed by atoms with Crippen LogP contribution in [0.2, 0.25) is 5.02 Å². The van der Waals surface area contributed by atoms with E-state index in [0.29, 0.717) is 60.3 Å². The molecular formula is C116H200ClN13O13S6-6. The molecule has 13 rings (SSSR count). The van der Waals surface area contributed by atoms with Crippen LogP contribution >= 0.6 is 11.6 Å². The zero-order chi connectivity index (χ0) is 112. The van der Waals surface area contributed by atoms with Crippen molar-refractivity contribution < 1.29 is 57.3 Å². The molecule has 6 aliphatic carbocycles. The van der Waals surface area contributed by atoms with Crippen LogP contribution in [0.4, 0.5) is 39.8 Å². The molecule has 0 radical (unpaired) electrons. The number of morpholine rings is 1.